The van der Waals surface area contributed by atoms with Crippen molar-refractivity contribution in [1.29, 1.82) is 0 Å². The van der Waals surface area contributed by atoms with E-state index in [1.807, 2.05) is 6.07 Å². The van der Waals surface area contributed by atoms with Gasteiger partial charge in [-0.25, -0.2) is 8.42 Å². The lowest BCUT2D eigenvalue weighted by Crippen LogP contribution is -2.25. The molecule has 1 aromatic carbocycles. The molecule has 1 saturated heterocycles. The second-order valence-corrected chi connectivity index (χ2v) is 6.21. The van der Waals surface area contributed by atoms with E-state index in [2.05, 4.69) is 0 Å². The first-order valence-electron chi connectivity index (χ1n) is 5.42. The summed E-state index contributed by atoms with van der Waals surface area (Å²) >= 11 is 0. The number of ether oxygens (including phenoxy) is 1. The molecule has 2 N–H and O–H groups in total. The van der Waals surface area contributed by atoms with Crippen LogP contribution >= 0.6 is 0 Å². The Balaban J connectivity index is 2.21. The standard InChI is InChI=1S/C11H16N2O3S/c1-16-11-6-9(5-10(12)7-11)8-13-3-2-4-17(13,14)15/h5-7H,2-4,8,12H2,1H3. The van der Waals surface area contributed by atoms with Gasteiger partial charge in [0.15, 0.2) is 0 Å². The lowest BCUT2D eigenvalue weighted by Gasteiger charge is -2.15. The smallest absolute Gasteiger partial charge is 0.214 e. The van der Waals surface area contributed by atoms with Gasteiger partial charge >= 0.3 is 0 Å². The maximum Gasteiger partial charge on any atom is 0.214 e. The highest BCUT2D eigenvalue weighted by atomic mass is 32.2. The number of nitrogen functional groups attached to an aromatic ring is 1. The van der Waals surface area contributed by atoms with Gasteiger partial charge in [-0.05, 0) is 24.1 Å². The fourth-order valence-electron chi connectivity index (χ4n) is 1.97. The fourth-order valence-corrected chi connectivity index (χ4v) is 3.47. The van der Waals surface area contributed by atoms with E-state index >= 15 is 0 Å². The second kappa shape index (κ2) is 4.54. The number of rotatable bonds is 3. The quantitative estimate of drug-likeness (QED) is 0.812. The molecule has 1 aliphatic heterocycles. The van der Waals surface area contributed by atoms with Gasteiger partial charge in [0.2, 0.25) is 10.0 Å². The maximum atomic E-state index is 11.7. The Hall–Kier alpha value is -1.27. The van der Waals surface area contributed by atoms with Crippen LogP contribution in [-0.2, 0) is 16.6 Å². The van der Waals surface area contributed by atoms with Crippen molar-refractivity contribution in [3.05, 3.63) is 23.8 Å². The lowest BCUT2D eigenvalue weighted by molar-refractivity contribution is 0.410. The van der Waals surface area contributed by atoms with E-state index in [9.17, 15) is 8.42 Å². The zero-order valence-electron chi connectivity index (χ0n) is 9.72. The number of nitrogens with zero attached hydrogens (tertiary/aromatic N) is 1. The summed E-state index contributed by atoms with van der Waals surface area (Å²) < 4.78 is 29.9. The van der Waals surface area contributed by atoms with Crippen molar-refractivity contribution in [3.8, 4) is 5.75 Å². The molecule has 0 saturated carbocycles. The molecule has 1 fully saturated rings. The molecule has 0 unspecified atom stereocenters. The van der Waals surface area contributed by atoms with Crippen LogP contribution < -0.4 is 10.5 Å². The summed E-state index contributed by atoms with van der Waals surface area (Å²) in [6.07, 6.45) is 0.696. The number of sulfonamides is 1. The maximum absolute atomic E-state index is 11.7. The highest BCUT2D eigenvalue weighted by molar-refractivity contribution is 7.89. The average molecular weight is 256 g/mol. The van der Waals surface area contributed by atoms with Gasteiger partial charge < -0.3 is 10.5 Å². The summed E-state index contributed by atoms with van der Waals surface area (Å²) in [7, 11) is -1.51. The minimum absolute atomic E-state index is 0.243. The van der Waals surface area contributed by atoms with Gasteiger partial charge in [-0.15, -0.1) is 0 Å². The normalized spacial score (nSPS) is 19.4. The molecular formula is C11H16N2O3S. The van der Waals surface area contributed by atoms with Crippen LogP contribution in [0.1, 0.15) is 12.0 Å². The van der Waals surface area contributed by atoms with E-state index in [1.54, 1.807) is 19.2 Å². The largest absolute Gasteiger partial charge is 0.497 e. The van der Waals surface area contributed by atoms with Crippen molar-refractivity contribution in [1.82, 2.24) is 4.31 Å². The van der Waals surface area contributed by atoms with Gasteiger partial charge in [0.1, 0.15) is 5.75 Å². The summed E-state index contributed by atoms with van der Waals surface area (Å²) in [5, 5.41) is 0. The molecule has 5 nitrogen and oxygen atoms in total. The summed E-state index contributed by atoms with van der Waals surface area (Å²) in [4.78, 5) is 0. The molecule has 1 aliphatic rings. The van der Waals surface area contributed by atoms with Crippen molar-refractivity contribution < 1.29 is 13.2 Å². The monoisotopic (exact) mass is 256 g/mol. The third-order valence-corrected chi connectivity index (χ3v) is 4.69. The summed E-state index contributed by atoms with van der Waals surface area (Å²) in [6.45, 7) is 0.948. The zero-order chi connectivity index (χ0) is 12.5. The van der Waals surface area contributed by atoms with E-state index in [1.165, 1.54) is 4.31 Å². The second-order valence-electron chi connectivity index (χ2n) is 4.12. The van der Waals surface area contributed by atoms with E-state index in [0.717, 1.165) is 5.56 Å². The van der Waals surface area contributed by atoms with Crippen molar-refractivity contribution in [2.24, 2.45) is 0 Å². The van der Waals surface area contributed by atoms with Crippen LogP contribution in [0.25, 0.3) is 0 Å². The number of nitrogens with two attached hydrogens (primary N) is 1. The van der Waals surface area contributed by atoms with Crippen LogP contribution in [0.15, 0.2) is 18.2 Å². The third kappa shape index (κ3) is 2.70. The molecule has 6 heteroatoms. The summed E-state index contributed by atoms with van der Waals surface area (Å²) in [5.41, 5.74) is 7.16. The van der Waals surface area contributed by atoms with E-state index in [4.69, 9.17) is 10.5 Å². The van der Waals surface area contributed by atoms with Crippen LogP contribution in [0, 0.1) is 0 Å². The van der Waals surface area contributed by atoms with Crippen LogP contribution in [0.3, 0.4) is 0 Å². The lowest BCUT2D eigenvalue weighted by atomic mass is 10.2. The number of benzene rings is 1. The van der Waals surface area contributed by atoms with Crippen LogP contribution in [-0.4, -0.2) is 32.1 Å². The molecule has 0 aliphatic carbocycles. The Morgan fingerprint density at radius 3 is 2.76 bits per heavy atom. The van der Waals surface area contributed by atoms with E-state index in [0.29, 0.717) is 30.9 Å². The van der Waals surface area contributed by atoms with E-state index < -0.39 is 10.0 Å². The minimum Gasteiger partial charge on any atom is -0.497 e. The number of methoxy groups -OCH3 is 1. The molecule has 94 valence electrons. The number of hydrogen-bond donors (Lipinski definition) is 1. The molecule has 2 rings (SSSR count). The van der Waals surface area contributed by atoms with Crippen molar-refractivity contribution >= 4 is 15.7 Å². The number of hydrogen-bond acceptors (Lipinski definition) is 4. The molecule has 1 heterocycles. The molecule has 0 radical (unpaired) electrons. The first-order valence-corrected chi connectivity index (χ1v) is 7.03. The average Bonchev–Trinajstić information content (AvgIpc) is 2.57. The summed E-state index contributed by atoms with van der Waals surface area (Å²) in [6, 6.07) is 5.29. The Morgan fingerprint density at radius 2 is 2.18 bits per heavy atom. The zero-order valence-corrected chi connectivity index (χ0v) is 10.5. The first kappa shape index (κ1) is 12.2. The van der Waals surface area contributed by atoms with Gasteiger partial charge in [0.25, 0.3) is 0 Å². The van der Waals surface area contributed by atoms with Gasteiger partial charge in [-0.1, -0.05) is 0 Å². The molecule has 1 aromatic rings. The van der Waals surface area contributed by atoms with E-state index in [-0.39, 0.29) is 5.75 Å². The Bertz CT molecular complexity index is 513. The third-order valence-electron chi connectivity index (χ3n) is 2.79. The molecule has 0 atom stereocenters. The van der Waals surface area contributed by atoms with Crippen molar-refractivity contribution in [2.75, 3.05) is 25.1 Å². The topological polar surface area (TPSA) is 72.6 Å². The SMILES string of the molecule is COc1cc(N)cc(CN2CCCS2(=O)=O)c1. The molecule has 17 heavy (non-hydrogen) atoms. The Kier molecular flexibility index (Phi) is 3.26. The first-order chi connectivity index (χ1) is 8.01. The van der Waals surface area contributed by atoms with Gasteiger partial charge in [0, 0.05) is 24.8 Å². The molecule has 0 amide bonds. The van der Waals surface area contributed by atoms with Gasteiger partial charge in [-0.3, -0.25) is 0 Å². The van der Waals surface area contributed by atoms with Crippen LogP contribution in [0.5, 0.6) is 5.75 Å². The van der Waals surface area contributed by atoms with Crippen LogP contribution in [0.4, 0.5) is 5.69 Å². The highest BCUT2D eigenvalue weighted by Crippen LogP contribution is 2.22. The molecule has 0 bridgehead atoms. The summed E-state index contributed by atoms with van der Waals surface area (Å²) in [5.74, 6) is 0.892. The Morgan fingerprint density at radius 1 is 1.41 bits per heavy atom. The predicted octanol–water partition coefficient (Wildman–Crippen LogP) is 0.813. The van der Waals surface area contributed by atoms with Crippen molar-refractivity contribution in [2.45, 2.75) is 13.0 Å². The fraction of sp³-hybridized carbons (Fsp3) is 0.455. The molecular weight excluding hydrogens is 240 g/mol. The molecule has 0 aromatic heterocycles. The Labute approximate surface area is 101 Å². The van der Waals surface area contributed by atoms with Gasteiger partial charge in [0.05, 0.1) is 12.9 Å². The number of anilines is 1. The van der Waals surface area contributed by atoms with Crippen molar-refractivity contribution in [3.63, 3.8) is 0 Å². The van der Waals surface area contributed by atoms with Crippen LogP contribution in [0.2, 0.25) is 0 Å². The predicted molar refractivity (Wildman–Crippen MR) is 66.2 cm³/mol. The highest BCUT2D eigenvalue weighted by Gasteiger charge is 2.28. The molecule has 0 spiro atoms. The minimum atomic E-state index is -3.07. The van der Waals surface area contributed by atoms with Gasteiger partial charge in [-0.2, -0.15) is 4.31 Å².